The molecule has 0 saturated carbocycles. The van der Waals surface area contributed by atoms with E-state index in [-0.39, 0.29) is 9.92 Å². The quantitative estimate of drug-likeness (QED) is 0.661. The Balaban J connectivity index is 1.86. The second-order valence-corrected chi connectivity index (χ2v) is 8.45. The summed E-state index contributed by atoms with van der Waals surface area (Å²) in [5.74, 6) is 0.622. The largest absolute Gasteiger partial charge is 0.419 e. The first-order valence-corrected chi connectivity index (χ1v) is 10.2. The van der Waals surface area contributed by atoms with Gasteiger partial charge in [0, 0.05) is 23.7 Å². The highest BCUT2D eigenvalue weighted by atomic mass is 35.5. The van der Waals surface area contributed by atoms with Crippen LogP contribution in [0.4, 0.5) is 5.88 Å². The van der Waals surface area contributed by atoms with E-state index >= 15 is 0 Å². The van der Waals surface area contributed by atoms with Crippen molar-refractivity contribution in [2.24, 2.45) is 0 Å². The molecule has 2 heterocycles. The van der Waals surface area contributed by atoms with Gasteiger partial charge in [0.05, 0.1) is 4.90 Å². The fraction of sp³-hybridized carbons (Fsp3) is 0.211. The van der Waals surface area contributed by atoms with Crippen LogP contribution in [0.3, 0.4) is 0 Å². The highest BCUT2D eigenvalue weighted by molar-refractivity contribution is 7.91. The number of halogens is 1. The standard InChI is InChI=1S/C19H17ClN2O3S/c20-15-8-10-16(11-9-15)26(23,24)18-19(22-12-4-5-13-22)25-17(21-18)14-6-2-1-3-7-14/h1-3,6-11H,4-5,12-13H2. The van der Waals surface area contributed by atoms with Crippen molar-refractivity contribution in [3.05, 3.63) is 59.6 Å². The van der Waals surface area contributed by atoms with Crippen molar-refractivity contribution in [1.29, 1.82) is 0 Å². The predicted molar refractivity (Wildman–Crippen MR) is 100 cm³/mol. The van der Waals surface area contributed by atoms with Gasteiger partial charge in [-0.15, -0.1) is 0 Å². The van der Waals surface area contributed by atoms with Crippen molar-refractivity contribution in [3.8, 4) is 11.5 Å². The molecule has 134 valence electrons. The van der Waals surface area contributed by atoms with Gasteiger partial charge in [0.25, 0.3) is 0 Å². The second kappa shape index (κ2) is 6.78. The number of oxazole rings is 1. The van der Waals surface area contributed by atoms with Crippen LogP contribution in [0.1, 0.15) is 12.8 Å². The molecule has 0 amide bonds. The molecule has 0 spiro atoms. The third-order valence-electron chi connectivity index (χ3n) is 4.37. The monoisotopic (exact) mass is 388 g/mol. The van der Waals surface area contributed by atoms with Crippen LogP contribution in [0.5, 0.6) is 0 Å². The van der Waals surface area contributed by atoms with Crippen molar-refractivity contribution >= 4 is 27.3 Å². The van der Waals surface area contributed by atoms with Gasteiger partial charge in [0.1, 0.15) is 0 Å². The third-order valence-corrected chi connectivity index (χ3v) is 6.29. The van der Waals surface area contributed by atoms with Crippen LogP contribution in [0.25, 0.3) is 11.5 Å². The maximum absolute atomic E-state index is 13.2. The topological polar surface area (TPSA) is 63.4 Å². The minimum atomic E-state index is -3.82. The summed E-state index contributed by atoms with van der Waals surface area (Å²) in [6.07, 6.45) is 2.00. The Bertz CT molecular complexity index is 1010. The zero-order valence-corrected chi connectivity index (χ0v) is 15.5. The molecule has 0 radical (unpaired) electrons. The van der Waals surface area contributed by atoms with E-state index < -0.39 is 9.84 Å². The van der Waals surface area contributed by atoms with E-state index in [2.05, 4.69) is 4.98 Å². The van der Waals surface area contributed by atoms with Crippen molar-refractivity contribution in [2.45, 2.75) is 22.8 Å². The minimum Gasteiger partial charge on any atom is -0.419 e. The van der Waals surface area contributed by atoms with Crippen LogP contribution in [0.2, 0.25) is 5.02 Å². The summed E-state index contributed by atoms with van der Waals surface area (Å²) in [4.78, 5) is 6.46. The Morgan fingerprint density at radius 3 is 2.27 bits per heavy atom. The summed E-state index contributed by atoms with van der Waals surface area (Å²) in [5.41, 5.74) is 0.741. The van der Waals surface area contributed by atoms with E-state index in [1.165, 1.54) is 12.1 Å². The Labute approximate surface area is 157 Å². The number of benzene rings is 2. The highest BCUT2D eigenvalue weighted by Gasteiger charge is 2.32. The molecule has 5 nitrogen and oxygen atoms in total. The Morgan fingerprint density at radius 1 is 0.962 bits per heavy atom. The molecule has 0 unspecified atom stereocenters. The van der Waals surface area contributed by atoms with Gasteiger partial charge in [-0.2, -0.15) is 4.98 Å². The number of anilines is 1. The molecule has 26 heavy (non-hydrogen) atoms. The van der Waals surface area contributed by atoms with Gasteiger partial charge in [-0.25, -0.2) is 8.42 Å². The second-order valence-electron chi connectivity index (χ2n) is 6.15. The van der Waals surface area contributed by atoms with Gasteiger partial charge in [-0.3, -0.25) is 0 Å². The van der Waals surface area contributed by atoms with Crippen LogP contribution in [0.15, 0.2) is 68.9 Å². The van der Waals surface area contributed by atoms with Crippen LogP contribution >= 0.6 is 11.6 Å². The lowest BCUT2D eigenvalue weighted by atomic mass is 10.2. The van der Waals surface area contributed by atoms with Gasteiger partial charge in [0.2, 0.25) is 26.6 Å². The average Bonchev–Trinajstić information content (AvgIpc) is 3.32. The molecular formula is C19H17ClN2O3S. The van der Waals surface area contributed by atoms with E-state index in [1.54, 1.807) is 12.1 Å². The van der Waals surface area contributed by atoms with Crippen molar-refractivity contribution in [1.82, 2.24) is 4.98 Å². The number of nitrogens with zero attached hydrogens (tertiary/aromatic N) is 2. The first-order valence-electron chi connectivity index (χ1n) is 8.37. The summed E-state index contributed by atoms with van der Waals surface area (Å²) in [5, 5.41) is 0.439. The maximum Gasteiger partial charge on any atom is 0.236 e. The number of hydrogen-bond donors (Lipinski definition) is 0. The number of hydrogen-bond acceptors (Lipinski definition) is 5. The molecule has 1 fully saturated rings. The molecular weight excluding hydrogens is 372 g/mol. The SMILES string of the molecule is O=S(=O)(c1ccc(Cl)cc1)c1nc(-c2ccccc2)oc1N1CCCC1. The molecule has 4 rings (SSSR count). The summed E-state index contributed by atoms with van der Waals surface area (Å²) in [6.45, 7) is 1.51. The summed E-state index contributed by atoms with van der Waals surface area (Å²) in [7, 11) is -3.82. The van der Waals surface area contributed by atoms with E-state index in [9.17, 15) is 8.42 Å². The predicted octanol–water partition coefficient (Wildman–Crippen LogP) is 4.43. The van der Waals surface area contributed by atoms with Gasteiger partial charge in [0.15, 0.2) is 0 Å². The smallest absolute Gasteiger partial charge is 0.236 e. The first kappa shape index (κ1) is 17.1. The van der Waals surface area contributed by atoms with Crippen LogP contribution in [-0.2, 0) is 9.84 Å². The van der Waals surface area contributed by atoms with E-state index in [4.69, 9.17) is 16.0 Å². The molecule has 0 N–H and O–H groups in total. The summed E-state index contributed by atoms with van der Waals surface area (Å²) >= 11 is 5.89. The van der Waals surface area contributed by atoms with Crippen molar-refractivity contribution < 1.29 is 12.8 Å². The zero-order valence-electron chi connectivity index (χ0n) is 13.9. The van der Waals surface area contributed by atoms with Gasteiger partial charge < -0.3 is 9.32 Å². The molecule has 1 aliphatic heterocycles. The highest BCUT2D eigenvalue weighted by Crippen LogP contribution is 2.36. The third kappa shape index (κ3) is 3.10. The molecule has 0 bridgehead atoms. The van der Waals surface area contributed by atoms with Gasteiger partial charge in [-0.05, 0) is 49.2 Å². The molecule has 1 saturated heterocycles. The van der Waals surface area contributed by atoms with Crippen molar-refractivity contribution in [2.75, 3.05) is 18.0 Å². The van der Waals surface area contributed by atoms with Crippen molar-refractivity contribution in [3.63, 3.8) is 0 Å². The van der Waals surface area contributed by atoms with E-state index in [0.29, 0.717) is 16.8 Å². The van der Waals surface area contributed by atoms with Crippen LogP contribution in [-0.4, -0.2) is 26.5 Å². The van der Waals surface area contributed by atoms with Gasteiger partial charge in [-0.1, -0.05) is 29.8 Å². The van der Waals surface area contributed by atoms with Crippen LogP contribution in [0, 0.1) is 0 Å². The Hall–Kier alpha value is -2.31. The number of sulfone groups is 1. The minimum absolute atomic E-state index is 0.0411. The fourth-order valence-electron chi connectivity index (χ4n) is 3.02. The molecule has 0 atom stereocenters. The summed E-state index contributed by atoms with van der Waals surface area (Å²) < 4.78 is 32.3. The van der Waals surface area contributed by atoms with Gasteiger partial charge >= 0.3 is 0 Å². The zero-order chi connectivity index (χ0) is 18.1. The molecule has 0 aliphatic carbocycles. The number of rotatable bonds is 4. The number of aromatic nitrogens is 1. The average molecular weight is 389 g/mol. The Morgan fingerprint density at radius 2 is 1.62 bits per heavy atom. The molecule has 7 heteroatoms. The molecule has 1 aromatic heterocycles. The lowest BCUT2D eigenvalue weighted by Gasteiger charge is -2.14. The molecule has 3 aromatic rings. The van der Waals surface area contributed by atoms with E-state index in [1.807, 2.05) is 35.2 Å². The molecule has 2 aromatic carbocycles. The molecule has 1 aliphatic rings. The maximum atomic E-state index is 13.2. The van der Waals surface area contributed by atoms with E-state index in [0.717, 1.165) is 31.5 Å². The normalized spacial score (nSPS) is 14.7. The summed E-state index contributed by atoms with van der Waals surface area (Å²) in [6, 6.07) is 15.4. The lowest BCUT2D eigenvalue weighted by Crippen LogP contribution is -2.19. The lowest BCUT2D eigenvalue weighted by molar-refractivity contribution is 0.556. The first-order chi connectivity index (χ1) is 12.6. The fourth-order valence-corrected chi connectivity index (χ4v) is 4.47. The Kier molecular flexibility index (Phi) is 4.46. The van der Waals surface area contributed by atoms with Crippen LogP contribution < -0.4 is 4.90 Å².